The Bertz CT molecular complexity index is 1090. The van der Waals surface area contributed by atoms with E-state index < -0.39 is 24.5 Å². The average Bonchev–Trinajstić information content (AvgIpc) is 3.03. The molecule has 3 N–H and O–H groups in total. The van der Waals surface area contributed by atoms with Crippen LogP contribution in [0.1, 0.15) is 37.3 Å². The number of alkyl carbamates (subject to hydrolysis) is 1. The highest BCUT2D eigenvalue weighted by Gasteiger charge is 2.44. The molecule has 2 aliphatic rings. The fraction of sp³-hybridized carbons (Fsp3) is 0.474. The van der Waals surface area contributed by atoms with Crippen LogP contribution in [0.3, 0.4) is 0 Å². The van der Waals surface area contributed by atoms with Gasteiger partial charge in [-0.05, 0) is 32.8 Å². The quantitative estimate of drug-likeness (QED) is 0.586. The van der Waals surface area contributed by atoms with Crippen molar-refractivity contribution in [2.75, 3.05) is 11.9 Å². The van der Waals surface area contributed by atoms with E-state index in [2.05, 4.69) is 30.9 Å². The zero-order chi connectivity index (χ0) is 20.9. The summed E-state index contributed by atoms with van der Waals surface area (Å²) in [4.78, 5) is 16.3. The zero-order valence-electron chi connectivity index (χ0n) is 16.6. The molecule has 30 heavy (non-hydrogen) atoms. The predicted molar refractivity (Wildman–Crippen MR) is 104 cm³/mol. The van der Waals surface area contributed by atoms with Gasteiger partial charge in [0.25, 0.3) is 0 Å². The number of alkyl halides is 1. The van der Waals surface area contributed by atoms with Gasteiger partial charge in [-0.25, -0.2) is 18.7 Å². The topological polar surface area (TPSA) is 118 Å². The molecule has 0 unspecified atom stereocenters. The first-order chi connectivity index (χ1) is 14.4. The Morgan fingerprint density at radius 2 is 2.27 bits per heavy atom. The lowest BCUT2D eigenvalue weighted by molar-refractivity contribution is 0.0604. The van der Waals surface area contributed by atoms with Crippen LogP contribution in [0.25, 0.3) is 5.52 Å². The van der Waals surface area contributed by atoms with Gasteiger partial charge in [0.2, 0.25) is 0 Å². The SMILES string of the molecule is Cc1cc2c(Nc3cc([C@H]4OC[C@@H](OC(=O)NC5(C)CC5)[C@@H]4F)[nH]n3)nccn2n1. The van der Waals surface area contributed by atoms with Crippen molar-refractivity contribution in [3.63, 3.8) is 0 Å². The van der Waals surface area contributed by atoms with Crippen molar-refractivity contribution in [1.29, 1.82) is 0 Å². The van der Waals surface area contributed by atoms with E-state index in [1.54, 1.807) is 23.0 Å². The molecule has 158 valence electrons. The number of anilines is 2. The Hall–Kier alpha value is -3.21. The predicted octanol–water partition coefficient (Wildman–Crippen LogP) is 2.56. The van der Waals surface area contributed by atoms with Crippen LogP contribution in [-0.2, 0) is 9.47 Å². The summed E-state index contributed by atoms with van der Waals surface area (Å²) in [6, 6.07) is 3.55. The number of nitrogens with zero attached hydrogens (tertiary/aromatic N) is 4. The van der Waals surface area contributed by atoms with Gasteiger partial charge in [0.15, 0.2) is 23.9 Å². The molecule has 11 heteroatoms. The number of fused-ring (bicyclic) bond motifs is 1. The summed E-state index contributed by atoms with van der Waals surface area (Å²) < 4.78 is 27.3. The number of aromatic amines is 1. The van der Waals surface area contributed by atoms with Gasteiger partial charge in [0.1, 0.15) is 11.6 Å². The second-order valence-electron chi connectivity index (χ2n) is 8.05. The minimum atomic E-state index is -1.50. The van der Waals surface area contributed by atoms with Gasteiger partial charge in [-0.3, -0.25) is 5.10 Å². The third-order valence-electron chi connectivity index (χ3n) is 5.41. The number of amides is 1. The smallest absolute Gasteiger partial charge is 0.408 e. The van der Waals surface area contributed by atoms with E-state index in [4.69, 9.17) is 9.47 Å². The van der Waals surface area contributed by atoms with E-state index in [0.717, 1.165) is 24.1 Å². The van der Waals surface area contributed by atoms with Crippen LogP contribution < -0.4 is 10.6 Å². The molecule has 3 aromatic rings. The van der Waals surface area contributed by atoms with Gasteiger partial charge in [-0.2, -0.15) is 10.2 Å². The molecule has 0 radical (unpaired) electrons. The first kappa shape index (κ1) is 18.8. The highest BCUT2D eigenvalue weighted by Crippen LogP contribution is 2.36. The molecule has 2 fully saturated rings. The maximum absolute atomic E-state index is 14.9. The summed E-state index contributed by atoms with van der Waals surface area (Å²) in [5, 5.41) is 17.2. The third-order valence-corrected chi connectivity index (χ3v) is 5.41. The molecule has 1 saturated carbocycles. The number of ether oxygens (including phenoxy) is 2. The molecule has 3 aromatic heterocycles. The second-order valence-corrected chi connectivity index (χ2v) is 8.05. The maximum atomic E-state index is 14.9. The summed E-state index contributed by atoms with van der Waals surface area (Å²) in [5.74, 6) is 1.04. The molecule has 1 aliphatic heterocycles. The largest absolute Gasteiger partial charge is 0.441 e. The van der Waals surface area contributed by atoms with Crippen molar-refractivity contribution in [1.82, 2.24) is 30.1 Å². The number of aromatic nitrogens is 5. The standard InChI is InChI=1S/C19H22FN7O3/c1-10-7-12-17(21-5-6-27(12)26-10)22-14-8-11(24-25-14)16-15(20)13(9-29-16)30-18(28)23-19(2)3-4-19/h5-8,13,15-16H,3-4,9H2,1-2H3,(H,23,28)(H2,21,22,24,25)/t13-,15+,16-/m1/s1. The highest BCUT2D eigenvalue weighted by atomic mass is 19.1. The van der Waals surface area contributed by atoms with E-state index in [1.165, 1.54) is 0 Å². The van der Waals surface area contributed by atoms with Gasteiger partial charge in [-0.15, -0.1) is 0 Å². The lowest BCUT2D eigenvalue weighted by Gasteiger charge is -2.17. The lowest BCUT2D eigenvalue weighted by Crippen LogP contribution is -2.39. The van der Waals surface area contributed by atoms with Crippen LogP contribution in [0, 0.1) is 6.92 Å². The fourth-order valence-electron chi connectivity index (χ4n) is 3.47. The van der Waals surface area contributed by atoms with Crippen molar-refractivity contribution in [3.05, 3.63) is 35.9 Å². The van der Waals surface area contributed by atoms with E-state index in [9.17, 15) is 9.18 Å². The minimum Gasteiger partial charge on any atom is -0.441 e. The Labute approximate surface area is 171 Å². The van der Waals surface area contributed by atoms with Gasteiger partial charge >= 0.3 is 6.09 Å². The van der Waals surface area contributed by atoms with E-state index in [0.29, 0.717) is 17.3 Å². The van der Waals surface area contributed by atoms with Crippen molar-refractivity contribution in [3.8, 4) is 0 Å². The van der Waals surface area contributed by atoms with Crippen LogP contribution in [0.15, 0.2) is 24.5 Å². The first-order valence-electron chi connectivity index (χ1n) is 9.78. The zero-order valence-corrected chi connectivity index (χ0v) is 16.6. The van der Waals surface area contributed by atoms with Crippen LogP contribution in [0.2, 0.25) is 0 Å². The van der Waals surface area contributed by atoms with Gasteiger partial charge in [0, 0.05) is 24.0 Å². The van der Waals surface area contributed by atoms with Gasteiger partial charge in [-0.1, -0.05) is 0 Å². The molecular weight excluding hydrogens is 393 g/mol. The monoisotopic (exact) mass is 415 g/mol. The summed E-state index contributed by atoms with van der Waals surface area (Å²) >= 11 is 0. The first-order valence-corrected chi connectivity index (χ1v) is 9.78. The molecule has 1 amide bonds. The van der Waals surface area contributed by atoms with Crippen molar-refractivity contribution >= 4 is 23.2 Å². The van der Waals surface area contributed by atoms with Crippen LogP contribution >= 0.6 is 0 Å². The van der Waals surface area contributed by atoms with Crippen molar-refractivity contribution < 1.29 is 18.7 Å². The Kier molecular flexibility index (Phi) is 4.35. The van der Waals surface area contributed by atoms with Crippen LogP contribution in [0.4, 0.5) is 20.8 Å². The van der Waals surface area contributed by atoms with E-state index >= 15 is 0 Å². The number of rotatable bonds is 5. The summed E-state index contributed by atoms with van der Waals surface area (Å²) in [6.45, 7) is 3.80. The molecule has 3 atom stereocenters. The average molecular weight is 415 g/mol. The molecular formula is C19H22FN7O3. The number of carbonyl (C=O) groups is 1. The number of H-pyrrole nitrogens is 1. The summed E-state index contributed by atoms with van der Waals surface area (Å²) in [7, 11) is 0. The molecule has 5 rings (SSSR count). The minimum absolute atomic E-state index is 0.0201. The molecule has 0 spiro atoms. The molecule has 1 aliphatic carbocycles. The number of hydrogen-bond donors (Lipinski definition) is 3. The lowest BCUT2D eigenvalue weighted by atomic mass is 10.1. The fourth-order valence-corrected chi connectivity index (χ4v) is 3.47. The molecule has 0 bridgehead atoms. The Balaban J connectivity index is 1.25. The third kappa shape index (κ3) is 3.56. The number of hydrogen-bond acceptors (Lipinski definition) is 7. The van der Waals surface area contributed by atoms with Crippen LogP contribution in [0.5, 0.6) is 0 Å². The normalized spacial score (nSPS) is 24.7. The maximum Gasteiger partial charge on any atom is 0.408 e. The van der Waals surface area contributed by atoms with Crippen LogP contribution in [-0.4, -0.2) is 55.3 Å². The van der Waals surface area contributed by atoms with Gasteiger partial charge < -0.3 is 20.1 Å². The van der Waals surface area contributed by atoms with Crippen molar-refractivity contribution in [2.45, 2.75) is 50.6 Å². The number of nitrogens with one attached hydrogen (secondary N) is 3. The molecule has 1 saturated heterocycles. The Morgan fingerprint density at radius 3 is 3.07 bits per heavy atom. The molecule has 4 heterocycles. The van der Waals surface area contributed by atoms with E-state index in [-0.39, 0.29) is 12.1 Å². The summed E-state index contributed by atoms with van der Waals surface area (Å²) in [6.07, 6.45) is 1.19. The number of carbonyl (C=O) groups excluding carboxylic acids is 1. The summed E-state index contributed by atoms with van der Waals surface area (Å²) in [5.41, 5.74) is 1.88. The van der Waals surface area contributed by atoms with Crippen molar-refractivity contribution in [2.24, 2.45) is 0 Å². The second kappa shape index (κ2) is 6.94. The Morgan fingerprint density at radius 1 is 1.43 bits per heavy atom. The number of halogens is 1. The van der Waals surface area contributed by atoms with E-state index in [1.807, 2.05) is 19.9 Å². The molecule has 10 nitrogen and oxygen atoms in total. The van der Waals surface area contributed by atoms with Gasteiger partial charge in [0.05, 0.1) is 18.0 Å². The number of aryl methyl sites for hydroxylation is 1. The molecule has 0 aromatic carbocycles. The highest BCUT2D eigenvalue weighted by molar-refractivity contribution is 5.72.